The van der Waals surface area contributed by atoms with Crippen LogP contribution in [-0.2, 0) is 6.18 Å². The van der Waals surface area contributed by atoms with Gasteiger partial charge in [0.15, 0.2) is 0 Å². The molecule has 0 aliphatic heterocycles. The minimum absolute atomic E-state index is 0.0345. The first-order chi connectivity index (χ1) is 10.8. The normalized spacial score (nSPS) is 11.7. The standard InChI is InChI=1S/C16H10ClF3N2O/c17-12-4-3-11(16(18,19)20)8-14(12)22-15(23)10-2-1-9-5-6-21-13(9)7-10/h1-8,21H,(H,22,23). The minimum Gasteiger partial charge on any atom is -0.361 e. The summed E-state index contributed by atoms with van der Waals surface area (Å²) in [4.78, 5) is 15.2. The number of rotatable bonds is 2. The molecule has 0 aliphatic rings. The molecule has 0 aliphatic carbocycles. The molecular formula is C16H10ClF3N2O. The monoisotopic (exact) mass is 338 g/mol. The molecule has 1 amide bonds. The lowest BCUT2D eigenvalue weighted by Crippen LogP contribution is -2.13. The summed E-state index contributed by atoms with van der Waals surface area (Å²) in [7, 11) is 0. The Morgan fingerprint density at radius 2 is 1.87 bits per heavy atom. The molecule has 3 nitrogen and oxygen atoms in total. The Morgan fingerprint density at radius 3 is 2.61 bits per heavy atom. The van der Waals surface area contributed by atoms with Crippen molar-refractivity contribution in [3.8, 4) is 0 Å². The Bertz CT molecular complexity index is 886. The molecular weight excluding hydrogens is 329 g/mol. The van der Waals surface area contributed by atoms with Crippen LogP contribution >= 0.6 is 11.6 Å². The maximum absolute atomic E-state index is 12.7. The summed E-state index contributed by atoms with van der Waals surface area (Å²) < 4.78 is 38.2. The minimum atomic E-state index is -4.51. The predicted molar refractivity (Wildman–Crippen MR) is 82.7 cm³/mol. The SMILES string of the molecule is O=C(Nc1cc(C(F)(F)F)ccc1Cl)c1ccc2cc[nH]c2c1. The molecule has 2 N–H and O–H groups in total. The van der Waals surface area contributed by atoms with Gasteiger partial charge in [0.2, 0.25) is 0 Å². The lowest BCUT2D eigenvalue weighted by atomic mass is 10.1. The van der Waals surface area contributed by atoms with E-state index in [0.717, 1.165) is 29.1 Å². The fourth-order valence-electron chi connectivity index (χ4n) is 2.18. The number of aromatic nitrogens is 1. The molecule has 118 valence electrons. The van der Waals surface area contributed by atoms with Gasteiger partial charge in [-0.2, -0.15) is 13.2 Å². The predicted octanol–water partition coefficient (Wildman–Crippen LogP) is 5.09. The lowest BCUT2D eigenvalue weighted by Gasteiger charge is -2.11. The summed E-state index contributed by atoms with van der Waals surface area (Å²) in [5, 5.41) is 3.37. The quantitative estimate of drug-likeness (QED) is 0.671. The van der Waals surface area contributed by atoms with Crippen LogP contribution < -0.4 is 5.32 Å². The highest BCUT2D eigenvalue weighted by molar-refractivity contribution is 6.34. The van der Waals surface area contributed by atoms with Crippen LogP contribution in [0.4, 0.5) is 18.9 Å². The van der Waals surface area contributed by atoms with E-state index in [2.05, 4.69) is 10.3 Å². The van der Waals surface area contributed by atoms with Crippen molar-refractivity contribution in [3.05, 3.63) is 64.8 Å². The second-order valence-electron chi connectivity index (χ2n) is 4.93. The van der Waals surface area contributed by atoms with Gasteiger partial charge in [0.1, 0.15) is 0 Å². The van der Waals surface area contributed by atoms with E-state index in [1.54, 1.807) is 24.4 Å². The van der Waals surface area contributed by atoms with E-state index in [9.17, 15) is 18.0 Å². The summed E-state index contributed by atoms with van der Waals surface area (Å²) in [6.07, 6.45) is -2.77. The third-order valence-corrected chi connectivity index (χ3v) is 3.69. The molecule has 0 fully saturated rings. The number of nitrogens with one attached hydrogen (secondary N) is 2. The zero-order chi connectivity index (χ0) is 16.6. The largest absolute Gasteiger partial charge is 0.416 e. The second kappa shape index (κ2) is 5.62. The zero-order valence-corrected chi connectivity index (χ0v) is 12.3. The lowest BCUT2D eigenvalue weighted by molar-refractivity contribution is -0.137. The Morgan fingerprint density at radius 1 is 1.09 bits per heavy atom. The van der Waals surface area contributed by atoms with Crippen molar-refractivity contribution < 1.29 is 18.0 Å². The van der Waals surface area contributed by atoms with Gasteiger partial charge in [-0.3, -0.25) is 4.79 Å². The van der Waals surface area contributed by atoms with Gasteiger partial charge in [-0.15, -0.1) is 0 Å². The number of aromatic amines is 1. The molecule has 0 bridgehead atoms. The number of benzene rings is 2. The maximum atomic E-state index is 12.7. The number of hydrogen-bond acceptors (Lipinski definition) is 1. The summed E-state index contributed by atoms with van der Waals surface area (Å²) in [6.45, 7) is 0. The van der Waals surface area contributed by atoms with Crippen molar-refractivity contribution in [1.29, 1.82) is 0 Å². The molecule has 1 aromatic heterocycles. The van der Waals surface area contributed by atoms with Crippen LogP contribution in [0, 0.1) is 0 Å². The fourth-order valence-corrected chi connectivity index (χ4v) is 2.35. The van der Waals surface area contributed by atoms with Crippen molar-refractivity contribution in [3.63, 3.8) is 0 Å². The third-order valence-electron chi connectivity index (χ3n) is 3.36. The van der Waals surface area contributed by atoms with Gasteiger partial charge in [-0.25, -0.2) is 0 Å². The van der Waals surface area contributed by atoms with Gasteiger partial charge < -0.3 is 10.3 Å². The number of H-pyrrole nitrogens is 1. The third kappa shape index (κ3) is 3.17. The summed E-state index contributed by atoms with van der Waals surface area (Å²) in [6, 6.07) is 9.58. The van der Waals surface area contributed by atoms with Crippen LogP contribution in [0.2, 0.25) is 5.02 Å². The summed E-state index contributed by atoms with van der Waals surface area (Å²) in [5.74, 6) is -0.539. The Balaban J connectivity index is 1.90. The second-order valence-corrected chi connectivity index (χ2v) is 5.33. The summed E-state index contributed by atoms with van der Waals surface area (Å²) >= 11 is 5.87. The highest BCUT2D eigenvalue weighted by atomic mass is 35.5. The van der Waals surface area contributed by atoms with Crippen molar-refractivity contribution >= 4 is 34.1 Å². The molecule has 7 heteroatoms. The van der Waals surface area contributed by atoms with Crippen LogP contribution in [0.1, 0.15) is 15.9 Å². The number of anilines is 1. The van der Waals surface area contributed by atoms with E-state index < -0.39 is 17.6 Å². The molecule has 0 atom stereocenters. The van der Waals surface area contributed by atoms with E-state index in [-0.39, 0.29) is 10.7 Å². The molecule has 23 heavy (non-hydrogen) atoms. The van der Waals surface area contributed by atoms with E-state index in [1.807, 2.05) is 6.07 Å². The number of carbonyl (C=O) groups is 1. The van der Waals surface area contributed by atoms with E-state index in [1.165, 1.54) is 0 Å². The van der Waals surface area contributed by atoms with Gasteiger partial charge in [0, 0.05) is 17.3 Å². The number of alkyl halides is 3. The van der Waals surface area contributed by atoms with Crippen molar-refractivity contribution in [2.24, 2.45) is 0 Å². The molecule has 1 heterocycles. The Labute approximate surface area is 134 Å². The smallest absolute Gasteiger partial charge is 0.361 e. The van der Waals surface area contributed by atoms with Gasteiger partial charge >= 0.3 is 6.18 Å². The van der Waals surface area contributed by atoms with Crippen LogP contribution in [-0.4, -0.2) is 10.9 Å². The van der Waals surface area contributed by atoms with Gasteiger partial charge in [-0.1, -0.05) is 17.7 Å². The fraction of sp³-hybridized carbons (Fsp3) is 0.0625. The average molecular weight is 339 g/mol. The number of fused-ring (bicyclic) bond motifs is 1. The molecule has 0 saturated heterocycles. The molecule has 0 saturated carbocycles. The molecule has 2 aromatic carbocycles. The molecule has 0 unspecified atom stereocenters. The average Bonchev–Trinajstić information content (AvgIpc) is 2.95. The highest BCUT2D eigenvalue weighted by Gasteiger charge is 2.31. The zero-order valence-electron chi connectivity index (χ0n) is 11.5. The first-order valence-electron chi connectivity index (χ1n) is 6.60. The maximum Gasteiger partial charge on any atom is 0.416 e. The van der Waals surface area contributed by atoms with Gasteiger partial charge in [0.25, 0.3) is 5.91 Å². The van der Waals surface area contributed by atoms with Crippen LogP contribution in [0.25, 0.3) is 10.9 Å². The van der Waals surface area contributed by atoms with Gasteiger partial charge in [0.05, 0.1) is 16.3 Å². The first-order valence-corrected chi connectivity index (χ1v) is 6.97. The molecule has 0 spiro atoms. The first kappa shape index (κ1) is 15.4. The summed E-state index contributed by atoms with van der Waals surface area (Å²) in [5.41, 5.74) is 0.108. The topological polar surface area (TPSA) is 44.9 Å². The van der Waals surface area contributed by atoms with Crippen LogP contribution in [0.5, 0.6) is 0 Å². The Kier molecular flexibility index (Phi) is 3.77. The molecule has 0 radical (unpaired) electrons. The number of amides is 1. The van der Waals surface area contributed by atoms with Crippen molar-refractivity contribution in [2.45, 2.75) is 6.18 Å². The number of carbonyl (C=O) groups excluding carboxylic acids is 1. The Hall–Kier alpha value is -2.47. The van der Waals surface area contributed by atoms with E-state index >= 15 is 0 Å². The number of halogens is 4. The molecule has 3 rings (SSSR count). The van der Waals surface area contributed by atoms with Crippen molar-refractivity contribution in [1.82, 2.24) is 4.98 Å². The van der Waals surface area contributed by atoms with E-state index in [4.69, 9.17) is 11.6 Å². The van der Waals surface area contributed by atoms with Crippen LogP contribution in [0.15, 0.2) is 48.7 Å². The highest BCUT2D eigenvalue weighted by Crippen LogP contribution is 2.34. The van der Waals surface area contributed by atoms with Gasteiger partial charge in [-0.05, 0) is 41.8 Å². The number of hydrogen-bond donors (Lipinski definition) is 2. The molecule has 3 aromatic rings. The van der Waals surface area contributed by atoms with Crippen molar-refractivity contribution in [2.75, 3.05) is 5.32 Å². The van der Waals surface area contributed by atoms with E-state index in [0.29, 0.717) is 5.56 Å². The van der Waals surface area contributed by atoms with Crippen LogP contribution in [0.3, 0.4) is 0 Å².